The topological polar surface area (TPSA) is 45.7 Å². The third-order valence-electron chi connectivity index (χ3n) is 4.54. The number of hydrogen-bond acceptors (Lipinski definition) is 1. The molecule has 0 spiro atoms. The van der Waals surface area contributed by atoms with Gasteiger partial charge >= 0.3 is 0 Å². The van der Waals surface area contributed by atoms with Gasteiger partial charge in [-0.05, 0) is 31.2 Å². The van der Waals surface area contributed by atoms with E-state index in [1.165, 1.54) is 11.1 Å². The Kier molecular flexibility index (Phi) is 5.63. The molecule has 0 saturated heterocycles. The Morgan fingerprint density at radius 3 is 2.05 bits per heavy atom. The Morgan fingerprint density at radius 1 is 1.05 bits per heavy atom. The number of carbonyl (C=O) groups excluding carboxylic acids is 1. The van der Waals surface area contributed by atoms with E-state index in [0.717, 1.165) is 12.8 Å². The van der Waals surface area contributed by atoms with Gasteiger partial charge in [0, 0.05) is 17.5 Å². The lowest BCUT2D eigenvalue weighted by Crippen LogP contribution is -2.93. The fourth-order valence-corrected chi connectivity index (χ4v) is 2.78. The maximum Gasteiger partial charge on any atom is 0.278 e. The van der Waals surface area contributed by atoms with Crippen molar-refractivity contribution in [3.05, 3.63) is 35.4 Å². The van der Waals surface area contributed by atoms with Gasteiger partial charge in [-0.15, -0.1) is 0 Å². The van der Waals surface area contributed by atoms with Crippen LogP contribution in [0.3, 0.4) is 0 Å². The molecule has 1 aromatic rings. The summed E-state index contributed by atoms with van der Waals surface area (Å²) in [5.74, 6) is 1.21. The standard InChI is InChI=1S/C19H30N2O/c1-12(2)15-6-8-16(9-7-15)18(13(3)4)20-14(5)19(22)21-17-10-11-17/h6-9,12-14,17-18,20H,10-11H2,1-5H3,(H,21,22)/p+1/t14-,18+/m1/s1. The molecular weight excluding hydrogens is 272 g/mol. The van der Waals surface area contributed by atoms with Crippen molar-refractivity contribution in [1.82, 2.24) is 5.32 Å². The number of amides is 1. The predicted octanol–water partition coefficient (Wildman–Crippen LogP) is 2.74. The van der Waals surface area contributed by atoms with Crippen molar-refractivity contribution in [1.29, 1.82) is 0 Å². The van der Waals surface area contributed by atoms with Crippen LogP contribution in [-0.2, 0) is 4.79 Å². The van der Waals surface area contributed by atoms with E-state index in [-0.39, 0.29) is 11.9 Å². The Bertz CT molecular complexity index is 489. The SMILES string of the molecule is CC(C)c1ccc([C@@H]([NH2+][C@H](C)C(=O)NC2CC2)C(C)C)cc1. The van der Waals surface area contributed by atoms with Gasteiger partial charge in [0.05, 0.1) is 0 Å². The predicted molar refractivity (Wildman–Crippen MR) is 90.7 cm³/mol. The first-order valence-corrected chi connectivity index (χ1v) is 8.63. The van der Waals surface area contributed by atoms with Gasteiger partial charge in [-0.1, -0.05) is 52.0 Å². The van der Waals surface area contributed by atoms with E-state index in [2.05, 4.69) is 62.6 Å². The monoisotopic (exact) mass is 303 g/mol. The summed E-state index contributed by atoms with van der Waals surface area (Å²) < 4.78 is 0. The van der Waals surface area contributed by atoms with E-state index in [4.69, 9.17) is 0 Å². The third kappa shape index (κ3) is 4.57. The summed E-state index contributed by atoms with van der Waals surface area (Å²) in [6.07, 6.45) is 2.28. The molecule has 3 N–H and O–H groups in total. The molecule has 1 amide bonds. The van der Waals surface area contributed by atoms with Crippen LogP contribution in [0.15, 0.2) is 24.3 Å². The second kappa shape index (κ2) is 7.28. The van der Waals surface area contributed by atoms with Crippen LogP contribution in [0.2, 0.25) is 0 Å². The van der Waals surface area contributed by atoms with Gasteiger partial charge in [0.25, 0.3) is 5.91 Å². The Labute approximate surface area is 134 Å². The highest BCUT2D eigenvalue weighted by Crippen LogP contribution is 2.22. The van der Waals surface area contributed by atoms with Crippen molar-refractivity contribution in [2.24, 2.45) is 5.92 Å². The summed E-state index contributed by atoms with van der Waals surface area (Å²) >= 11 is 0. The van der Waals surface area contributed by atoms with Crippen molar-refractivity contribution in [3.8, 4) is 0 Å². The molecule has 0 bridgehead atoms. The molecule has 3 nitrogen and oxygen atoms in total. The average molecular weight is 303 g/mol. The van der Waals surface area contributed by atoms with Gasteiger partial charge in [-0.2, -0.15) is 0 Å². The Balaban J connectivity index is 2.03. The highest BCUT2D eigenvalue weighted by Gasteiger charge is 2.30. The quantitative estimate of drug-likeness (QED) is 0.799. The maximum absolute atomic E-state index is 12.2. The fourth-order valence-electron chi connectivity index (χ4n) is 2.78. The van der Waals surface area contributed by atoms with Crippen LogP contribution in [-0.4, -0.2) is 18.0 Å². The number of nitrogens with one attached hydrogen (secondary N) is 1. The lowest BCUT2D eigenvalue weighted by Gasteiger charge is -2.23. The number of rotatable bonds is 7. The Morgan fingerprint density at radius 2 is 1.59 bits per heavy atom. The summed E-state index contributed by atoms with van der Waals surface area (Å²) in [6, 6.07) is 9.60. The molecule has 1 fully saturated rings. The number of carbonyl (C=O) groups is 1. The Hall–Kier alpha value is -1.35. The van der Waals surface area contributed by atoms with Crippen LogP contribution in [0.25, 0.3) is 0 Å². The number of quaternary nitrogens is 1. The van der Waals surface area contributed by atoms with E-state index in [0.29, 0.717) is 23.9 Å². The molecule has 22 heavy (non-hydrogen) atoms. The third-order valence-corrected chi connectivity index (χ3v) is 4.54. The van der Waals surface area contributed by atoms with Crippen molar-refractivity contribution in [2.75, 3.05) is 0 Å². The minimum atomic E-state index is -0.0437. The van der Waals surface area contributed by atoms with E-state index in [9.17, 15) is 4.79 Å². The molecule has 0 aliphatic heterocycles. The highest BCUT2D eigenvalue weighted by atomic mass is 16.2. The molecule has 0 aromatic heterocycles. The highest BCUT2D eigenvalue weighted by molar-refractivity contribution is 5.80. The van der Waals surface area contributed by atoms with Crippen molar-refractivity contribution in [3.63, 3.8) is 0 Å². The van der Waals surface area contributed by atoms with Crippen LogP contribution in [0.5, 0.6) is 0 Å². The van der Waals surface area contributed by atoms with Gasteiger partial charge < -0.3 is 10.6 Å². The summed E-state index contributed by atoms with van der Waals surface area (Å²) in [5, 5.41) is 5.32. The number of hydrogen-bond donors (Lipinski definition) is 2. The van der Waals surface area contributed by atoms with Crippen LogP contribution in [0.1, 0.15) is 70.5 Å². The minimum absolute atomic E-state index is 0.0437. The first-order chi connectivity index (χ1) is 10.4. The minimum Gasteiger partial charge on any atom is -0.348 e. The van der Waals surface area contributed by atoms with Gasteiger partial charge in [0.15, 0.2) is 6.04 Å². The summed E-state index contributed by atoms with van der Waals surface area (Å²) in [5.41, 5.74) is 2.68. The zero-order valence-electron chi connectivity index (χ0n) is 14.6. The van der Waals surface area contributed by atoms with E-state index >= 15 is 0 Å². The molecule has 1 aromatic carbocycles. The molecule has 1 aliphatic rings. The van der Waals surface area contributed by atoms with Crippen LogP contribution < -0.4 is 10.6 Å². The second-order valence-corrected chi connectivity index (χ2v) is 7.36. The smallest absolute Gasteiger partial charge is 0.278 e. The molecule has 1 aliphatic carbocycles. The van der Waals surface area contributed by atoms with Crippen molar-refractivity contribution < 1.29 is 10.1 Å². The largest absolute Gasteiger partial charge is 0.348 e. The molecule has 0 unspecified atom stereocenters. The summed E-state index contributed by atoms with van der Waals surface area (Å²) in [4.78, 5) is 12.2. The van der Waals surface area contributed by atoms with Gasteiger partial charge in [-0.25, -0.2) is 0 Å². The summed E-state index contributed by atoms with van der Waals surface area (Å²) in [7, 11) is 0. The van der Waals surface area contributed by atoms with Gasteiger partial charge in [0.1, 0.15) is 6.04 Å². The van der Waals surface area contributed by atoms with Crippen LogP contribution in [0, 0.1) is 5.92 Å². The fraction of sp³-hybridized carbons (Fsp3) is 0.632. The first kappa shape index (κ1) is 17.0. The van der Waals surface area contributed by atoms with Crippen molar-refractivity contribution >= 4 is 5.91 Å². The lowest BCUT2D eigenvalue weighted by atomic mass is 9.93. The normalized spacial score (nSPS) is 17.6. The molecule has 0 radical (unpaired) electrons. The molecule has 1 saturated carbocycles. The zero-order valence-corrected chi connectivity index (χ0v) is 14.6. The average Bonchev–Trinajstić information content (AvgIpc) is 3.28. The lowest BCUT2D eigenvalue weighted by molar-refractivity contribution is -0.719. The van der Waals surface area contributed by atoms with Gasteiger partial charge in [0.2, 0.25) is 0 Å². The molecular formula is C19H31N2O+. The van der Waals surface area contributed by atoms with E-state index in [1.54, 1.807) is 0 Å². The van der Waals surface area contributed by atoms with Crippen LogP contribution in [0.4, 0.5) is 0 Å². The van der Waals surface area contributed by atoms with E-state index in [1.807, 2.05) is 6.92 Å². The molecule has 3 heteroatoms. The first-order valence-electron chi connectivity index (χ1n) is 8.63. The zero-order chi connectivity index (χ0) is 16.3. The second-order valence-electron chi connectivity index (χ2n) is 7.36. The van der Waals surface area contributed by atoms with E-state index < -0.39 is 0 Å². The summed E-state index contributed by atoms with van der Waals surface area (Å²) in [6.45, 7) is 10.9. The molecule has 2 rings (SSSR count). The van der Waals surface area contributed by atoms with Crippen molar-refractivity contribution in [2.45, 2.75) is 71.5 Å². The molecule has 0 heterocycles. The molecule has 2 atom stereocenters. The molecule has 122 valence electrons. The number of benzene rings is 1. The van der Waals surface area contributed by atoms with Crippen LogP contribution >= 0.6 is 0 Å². The maximum atomic E-state index is 12.2. The number of nitrogens with two attached hydrogens (primary N) is 1. The van der Waals surface area contributed by atoms with Gasteiger partial charge in [-0.3, -0.25) is 4.79 Å².